The Bertz CT molecular complexity index is 409. The summed E-state index contributed by atoms with van der Waals surface area (Å²) >= 11 is 7.23. The molecule has 1 fully saturated rings. The van der Waals surface area contributed by atoms with Gasteiger partial charge in [0.1, 0.15) is 5.75 Å². The lowest BCUT2D eigenvalue weighted by atomic mass is 10.2. The van der Waals surface area contributed by atoms with E-state index in [1.165, 1.54) is 18.4 Å². The van der Waals surface area contributed by atoms with Crippen molar-refractivity contribution < 1.29 is 4.74 Å². The van der Waals surface area contributed by atoms with Crippen molar-refractivity contribution in [3.8, 4) is 5.75 Å². The summed E-state index contributed by atoms with van der Waals surface area (Å²) < 4.78 is 8.05. The van der Waals surface area contributed by atoms with Crippen LogP contribution in [0, 0.1) is 0 Å². The van der Waals surface area contributed by atoms with E-state index in [0.29, 0.717) is 0 Å². The molecule has 1 aliphatic rings. The topological polar surface area (TPSA) is 21.3 Å². The first kappa shape index (κ1) is 15.3. The lowest BCUT2D eigenvalue weighted by Crippen LogP contribution is -2.16. The summed E-state index contributed by atoms with van der Waals surface area (Å²) in [6.07, 6.45) is 5.09. The SMILES string of the molecule is CCCC(C)Oc1c(Br)cc(CNC2CC2)cc1Br. The van der Waals surface area contributed by atoms with Gasteiger partial charge >= 0.3 is 0 Å². The highest BCUT2D eigenvalue weighted by Crippen LogP contribution is 2.36. The minimum absolute atomic E-state index is 0.244. The first-order valence-corrected chi connectivity index (χ1v) is 8.56. The van der Waals surface area contributed by atoms with Gasteiger partial charge in [-0.2, -0.15) is 0 Å². The maximum Gasteiger partial charge on any atom is 0.148 e. The predicted molar refractivity (Wildman–Crippen MR) is 86.7 cm³/mol. The maximum atomic E-state index is 6.00. The Morgan fingerprint density at radius 2 is 1.95 bits per heavy atom. The zero-order valence-corrected chi connectivity index (χ0v) is 14.7. The lowest BCUT2D eigenvalue weighted by molar-refractivity contribution is 0.207. The summed E-state index contributed by atoms with van der Waals surface area (Å²) in [5.74, 6) is 0.913. The molecular formula is C15H21Br2NO. The van der Waals surface area contributed by atoms with E-state index < -0.39 is 0 Å². The van der Waals surface area contributed by atoms with Gasteiger partial charge in [0, 0.05) is 12.6 Å². The molecule has 1 aromatic rings. The molecule has 0 amide bonds. The second-order valence-corrected chi connectivity index (χ2v) is 6.97. The van der Waals surface area contributed by atoms with Gasteiger partial charge in [-0.15, -0.1) is 0 Å². The predicted octanol–water partition coefficient (Wildman–Crippen LogP) is 5.03. The highest BCUT2D eigenvalue weighted by atomic mass is 79.9. The van der Waals surface area contributed by atoms with Gasteiger partial charge < -0.3 is 10.1 Å². The molecule has 0 heterocycles. The van der Waals surface area contributed by atoms with Crippen LogP contribution in [0.2, 0.25) is 0 Å². The number of hydrogen-bond acceptors (Lipinski definition) is 2. The van der Waals surface area contributed by atoms with Crippen molar-refractivity contribution in [1.29, 1.82) is 0 Å². The van der Waals surface area contributed by atoms with Crippen molar-refractivity contribution in [2.24, 2.45) is 0 Å². The molecule has 0 aromatic heterocycles. The van der Waals surface area contributed by atoms with Crippen LogP contribution < -0.4 is 10.1 Å². The van der Waals surface area contributed by atoms with Crippen LogP contribution in [0.3, 0.4) is 0 Å². The normalized spacial score (nSPS) is 16.4. The van der Waals surface area contributed by atoms with Crippen LogP contribution in [0.25, 0.3) is 0 Å². The Hall–Kier alpha value is -0.0600. The van der Waals surface area contributed by atoms with Crippen molar-refractivity contribution in [2.75, 3.05) is 0 Å². The zero-order chi connectivity index (χ0) is 13.8. The third-order valence-electron chi connectivity index (χ3n) is 3.24. The molecule has 1 N–H and O–H groups in total. The van der Waals surface area contributed by atoms with E-state index in [-0.39, 0.29) is 6.10 Å². The average molecular weight is 391 g/mol. The van der Waals surface area contributed by atoms with Gasteiger partial charge in [0.2, 0.25) is 0 Å². The number of hydrogen-bond donors (Lipinski definition) is 1. The van der Waals surface area contributed by atoms with Crippen molar-refractivity contribution in [2.45, 2.75) is 58.2 Å². The van der Waals surface area contributed by atoms with Crippen LogP contribution >= 0.6 is 31.9 Å². The quantitative estimate of drug-likeness (QED) is 0.704. The number of halogens is 2. The molecular weight excluding hydrogens is 370 g/mol. The number of ether oxygens (including phenoxy) is 1. The number of nitrogens with one attached hydrogen (secondary N) is 1. The second-order valence-electron chi connectivity index (χ2n) is 5.26. The minimum Gasteiger partial charge on any atom is -0.488 e. The molecule has 2 rings (SSSR count). The van der Waals surface area contributed by atoms with Crippen LogP contribution in [0.1, 0.15) is 45.1 Å². The van der Waals surface area contributed by atoms with Crippen molar-refractivity contribution in [3.63, 3.8) is 0 Å². The molecule has 0 bridgehead atoms. The van der Waals surface area contributed by atoms with Crippen molar-refractivity contribution >= 4 is 31.9 Å². The second kappa shape index (κ2) is 7.09. The van der Waals surface area contributed by atoms with Crippen LogP contribution in [0.5, 0.6) is 5.75 Å². The lowest BCUT2D eigenvalue weighted by Gasteiger charge is -2.17. The fourth-order valence-electron chi connectivity index (χ4n) is 2.04. The number of rotatable bonds is 7. The van der Waals surface area contributed by atoms with Crippen LogP contribution in [0.15, 0.2) is 21.1 Å². The van der Waals surface area contributed by atoms with E-state index in [1.54, 1.807) is 0 Å². The van der Waals surface area contributed by atoms with Gasteiger partial charge in [-0.1, -0.05) is 13.3 Å². The van der Waals surface area contributed by atoms with Crippen LogP contribution in [0.4, 0.5) is 0 Å². The third kappa shape index (κ3) is 4.76. The Kier molecular flexibility index (Phi) is 5.72. The first-order valence-electron chi connectivity index (χ1n) is 6.98. The Morgan fingerprint density at radius 3 is 2.47 bits per heavy atom. The summed E-state index contributed by atoms with van der Waals surface area (Å²) in [7, 11) is 0. The van der Waals surface area contributed by atoms with E-state index in [0.717, 1.165) is 40.1 Å². The monoisotopic (exact) mass is 389 g/mol. The molecule has 1 saturated carbocycles. The molecule has 0 spiro atoms. The van der Waals surface area contributed by atoms with Gasteiger partial charge in [-0.25, -0.2) is 0 Å². The van der Waals surface area contributed by atoms with Gasteiger partial charge in [-0.3, -0.25) is 0 Å². The fourth-order valence-corrected chi connectivity index (χ4v) is 3.51. The molecule has 0 aliphatic heterocycles. The van der Waals surface area contributed by atoms with Gasteiger partial charge in [-0.05, 0) is 75.7 Å². The van der Waals surface area contributed by atoms with Gasteiger partial charge in [0.05, 0.1) is 15.0 Å². The van der Waals surface area contributed by atoms with E-state index in [2.05, 4.69) is 63.2 Å². The molecule has 1 atom stereocenters. The standard InChI is InChI=1S/C15H21Br2NO/c1-3-4-10(2)19-15-13(16)7-11(8-14(15)17)9-18-12-5-6-12/h7-8,10,12,18H,3-6,9H2,1-2H3. The molecule has 106 valence electrons. The summed E-state index contributed by atoms with van der Waals surface area (Å²) in [5, 5.41) is 3.53. The van der Waals surface area contributed by atoms with Gasteiger partial charge in [0.25, 0.3) is 0 Å². The van der Waals surface area contributed by atoms with E-state index in [1.807, 2.05) is 0 Å². The first-order chi connectivity index (χ1) is 9.10. The average Bonchev–Trinajstić information content (AvgIpc) is 3.15. The Labute approximate surface area is 132 Å². The van der Waals surface area contributed by atoms with Crippen molar-refractivity contribution in [1.82, 2.24) is 5.32 Å². The third-order valence-corrected chi connectivity index (χ3v) is 4.42. The fraction of sp³-hybridized carbons (Fsp3) is 0.600. The zero-order valence-electron chi connectivity index (χ0n) is 11.5. The Balaban J connectivity index is 2.02. The molecule has 0 saturated heterocycles. The number of benzene rings is 1. The highest BCUT2D eigenvalue weighted by molar-refractivity contribution is 9.11. The summed E-state index contributed by atoms with van der Waals surface area (Å²) in [5.41, 5.74) is 1.28. The summed E-state index contributed by atoms with van der Waals surface area (Å²) in [4.78, 5) is 0. The molecule has 2 nitrogen and oxygen atoms in total. The van der Waals surface area contributed by atoms with Crippen LogP contribution in [-0.4, -0.2) is 12.1 Å². The molecule has 0 radical (unpaired) electrons. The molecule has 1 aromatic carbocycles. The molecule has 19 heavy (non-hydrogen) atoms. The van der Waals surface area contributed by atoms with E-state index in [4.69, 9.17) is 4.74 Å². The van der Waals surface area contributed by atoms with Crippen molar-refractivity contribution in [3.05, 3.63) is 26.6 Å². The van der Waals surface area contributed by atoms with Gasteiger partial charge in [0.15, 0.2) is 0 Å². The Morgan fingerprint density at radius 1 is 1.32 bits per heavy atom. The molecule has 1 aliphatic carbocycles. The minimum atomic E-state index is 0.244. The van der Waals surface area contributed by atoms with E-state index >= 15 is 0 Å². The molecule has 4 heteroatoms. The summed E-state index contributed by atoms with van der Waals surface area (Å²) in [6.45, 7) is 5.22. The summed E-state index contributed by atoms with van der Waals surface area (Å²) in [6, 6.07) is 5.03. The maximum absolute atomic E-state index is 6.00. The van der Waals surface area contributed by atoms with E-state index in [9.17, 15) is 0 Å². The largest absolute Gasteiger partial charge is 0.488 e. The smallest absolute Gasteiger partial charge is 0.148 e. The molecule has 1 unspecified atom stereocenters. The highest BCUT2D eigenvalue weighted by Gasteiger charge is 2.20. The van der Waals surface area contributed by atoms with Crippen LogP contribution in [-0.2, 0) is 6.54 Å².